The molecule has 1 aliphatic rings. The Morgan fingerprint density at radius 1 is 1.22 bits per heavy atom. The van der Waals surface area contributed by atoms with Crippen LogP contribution < -0.4 is 15.0 Å². The van der Waals surface area contributed by atoms with Gasteiger partial charge in [0.1, 0.15) is 11.3 Å². The number of rotatable bonds is 5. The normalized spacial score (nSPS) is 13.1. The van der Waals surface area contributed by atoms with Crippen LogP contribution in [-0.4, -0.2) is 43.0 Å². The van der Waals surface area contributed by atoms with Gasteiger partial charge in [0.15, 0.2) is 11.5 Å². The molecule has 1 aliphatic heterocycles. The Labute approximate surface area is 153 Å². The third-order valence-electron chi connectivity index (χ3n) is 4.25. The number of benzene rings is 1. The Balaban J connectivity index is 2.16. The van der Waals surface area contributed by atoms with Gasteiger partial charge in [-0.2, -0.15) is 0 Å². The molecule has 0 bridgehead atoms. The van der Waals surface area contributed by atoms with Crippen molar-refractivity contribution in [1.29, 1.82) is 0 Å². The van der Waals surface area contributed by atoms with Crippen molar-refractivity contribution in [3.8, 4) is 17.2 Å². The maximum Gasteiger partial charge on any atom is 0.343 e. The maximum absolute atomic E-state index is 12.4. The molecule has 142 valence electrons. The van der Waals surface area contributed by atoms with E-state index < -0.39 is 29.2 Å². The van der Waals surface area contributed by atoms with Crippen LogP contribution in [0.25, 0.3) is 0 Å². The van der Waals surface area contributed by atoms with Crippen LogP contribution in [0, 0.1) is 0 Å². The van der Waals surface area contributed by atoms with E-state index in [4.69, 9.17) is 14.2 Å². The monoisotopic (exact) mass is 375 g/mol. The van der Waals surface area contributed by atoms with Crippen molar-refractivity contribution in [3.05, 3.63) is 51.4 Å². The van der Waals surface area contributed by atoms with E-state index >= 15 is 0 Å². The van der Waals surface area contributed by atoms with Crippen LogP contribution >= 0.6 is 0 Å². The van der Waals surface area contributed by atoms with E-state index in [9.17, 15) is 19.5 Å². The molecule has 0 fully saturated rings. The number of aromatic hydroxyl groups is 1. The fourth-order valence-electron chi connectivity index (χ4n) is 2.89. The standard InChI is InChI=1S/C18H17NO8/c1-24-14(20)6-10(9-3-4-12-13(5-9)27-8-26-12)15-16(21)11(18(23)25-2)7-19-17(15)22/h3-5,7,10H,6,8H2,1-2H3,(H2,19,21,22)/t10-/m0/s1. The summed E-state index contributed by atoms with van der Waals surface area (Å²) < 4.78 is 19.9. The van der Waals surface area contributed by atoms with Gasteiger partial charge in [-0.1, -0.05) is 6.07 Å². The molecule has 2 aromatic rings. The summed E-state index contributed by atoms with van der Waals surface area (Å²) in [6.45, 7) is 0.0596. The highest BCUT2D eigenvalue weighted by atomic mass is 16.7. The number of fused-ring (bicyclic) bond motifs is 1. The van der Waals surface area contributed by atoms with E-state index in [1.54, 1.807) is 18.2 Å². The van der Waals surface area contributed by atoms with Gasteiger partial charge >= 0.3 is 11.9 Å². The van der Waals surface area contributed by atoms with E-state index in [1.807, 2.05) is 0 Å². The van der Waals surface area contributed by atoms with Crippen molar-refractivity contribution in [2.24, 2.45) is 0 Å². The number of esters is 2. The highest BCUT2D eigenvalue weighted by Gasteiger charge is 2.29. The van der Waals surface area contributed by atoms with Crippen LogP contribution in [0.1, 0.15) is 33.8 Å². The lowest BCUT2D eigenvalue weighted by Crippen LogP contribution is -2.22. The average molecular weight is 375 g/mol. The SMILES string of the molecule is COC(=O)C[C@@H](c1ccc2c(c1)OCO2)c1c(O)c(C(=O)OC)c[nH]c1=O. The molecule has 9 nitrogen and oxygen atoms in total. The fourth-order valence-corrected chi connectivity index (χ4v) is 2.89. The number of carbonyl (C=O) groups is 2. The van der Waals surface area contributed by atoms with E-state index in [2.05, 4.69) is 9.72 Å². The third kappa shape index (κ3) is 3.43. The van der Waals surface area contributed by atoms with Gasteiger partial charge in [0, 0.05) is 12.1 Å². The van der Waals surface area contributed by atoms with Gasteiger partial charge in [0.2, 0.25) is 6.79 Å². The first-order valence-electron chi connectivity index (χ1n) is 7.95. The average Bonchev–Trinajstić information content (AvgIpc) is 3.14. The predicted molar refractivity (Wildman–Crippen MR) is 91.1 cm³/mol. The van der Waals surface area contributed by atoms with Gasteiger partial charge in [-0.25, -0.2) is 4.79 Å². The van der Waals surface area contributed by atoms with Crippen LogP contribution in [0.4, 0.5) is 0 Å². The first kappa shape index (κ1) is 18.3. The number of pyridine rings is 1. The molecule has 2 N–H and O–H groups in total. The van der Waals surface area contributed by atoms with Gasteiger partial charge in [-0.3, -0.25) is 9.59 Å². The second-order valence-electron chi connectivity index (χ2n) is 5.73. The summed E-state index contributed by atoms with van der Waals surface area (Å²) in [6.07, 6.45) is 0.819. The fraction of sp³-hybridized carbons (Fsp3) is 0.278. The topological polar surface area (TPSA) is 124 Å². The number of nitrogens with one attached hydrogen (secondary N) is 1. The number of aromatic nitrogens is 1. The maximum atomic E-state index is 12.4. The van der Waals surface area contributed by atoms with Gasteiger partial charge in [-0.05, 0) is 17.7 Å². The molecule has 1 atom stereocenters. The van der Waals surface area contributed by atoms with Crippen LogP contribution in [0.15, 0.2) is 29.2 Å². The first-order valence-corrected chi connectivity index (χ1v) is 7.95. The molecule has 2 heterocycles. The number of carbonyl (C=O) groups excluding carboxylic acids is 2. The van der Waals surface area contributed by atoms with Gasteiger partial charge < -0.3 is 29.0 Å². The summed E-state index contributed by atoms with van der Waals surface area (Å²) in [4.78, 5) is 38.6. The summed E-state index contributed by atoms with van der Waals surface area (Å²) >= 11 is 0. The molecule has 0 spiro atoms. The molecule has 0 amide bonds. The predicted octanol–water partition coefficient (Wildman–Crippen LogP) is 1.29. The second kappa shape index (κ2) is 7.40. The lowest BCUT2D eigenvalue weighted by atomic mass is 9.87. The van der Waals surface area contributed by atoms with Crippen LogP contribution in [0.2, 0.25) is 0 Å². The zero-order valence-corrected chi connectivity index (χ0v) is 14.6. The highest BCUT2D eigenvalue weighted by Crippen LogP contribution is 2.39. The second-order valence-corrected chi connectivity index (χ2v) is 5.73. The van der Waals surface area contributed by atoms with Gasteiger partial charge in [0.25, 0.3) is 5.56 Å². The minimum atomic E-state index is -0.889. The Morgan fingerprint density at radius 3 is 2.67 bits per heavy atom. The zero-order chi connectivity index (χ0) is 19.6. The number of H-pyrrole nitrogens is 1. The molecule has 0 saturated heterocycles. The summed E-state index contributed by atoms with van der Waals surface area (Å²) in [5, 5.41) is 10.6. The molecule has 27 heavy (non-hydrogen) atoms. The molecule has 0 saturated carbocycles. The molecular weight excluding hydrogens is 358 g/mol. The number of ether oxygens (including phenoxy) is 4. The molecular formula is C18H17NO8. The number of hydrogen-bond acceptors (Lipinski definition) is 8. The van der Waals surface area contributed by atoms with Crippen LogP contribution in [0.5, 0.6) is 17.2 Å². The lowest BCUT2D eigenvalue weighted by molar-refractivity contribution is -0.140. The Kier molecular flexibility index (Phi) is 5.02. The molecule has 0 unspecified atom stereocenters. The van der Waals surface area contributed by atoms with Crippen molar-refractivity contribution >= 4 is 11.9 Å². The Morgan fingerprint density at radius 2 is 1.96 bits per heavy atom. The van der Waals surface area contributed by atoms with Crippen molar-refractivity contribution < 1.29 is 33.6 Å². The zero-order valence-electron chi connectivity index (χ0n) is 14.6. The molecule has 1 aromatic heterocycles. The molecule has 0 aliphatic carbocycles. The minimum Gasteiger partial charge on any atom is -0.506 e. The number of hydrogen-bond donors (Lipinski definition) is 2. The lowest BCUT2D eigenvalue weighted by Gasteiger charge is -2.18. The molecule has 3 rings (SSSR count). The Hall–Kier alpha value is -3.49. The van der Waals surface area contributed by atoms with Gasteiger partial charge in [0.05, 0.1) is 26.2 Å². The summed E-state index contributed by atoms with van der Waals surface area (Å²) in [7, 11) is 2.37. The summed E-state index contributed by atoms with van der Waals surface area (Å²) in [5.74, 6) is -1.90. The van der Waals surface area contributed by atoms with Crippen LogP contribution in [0.3, 0.4) is 0 Å². The van der Waals surface area contributed by atoms with E-state index in [1.165, 1.54) is 7.11 Å². The van der Waals surface area contributed by atoms with Gasteiger partial charge in [-0.15, -0.1) is 0 Å². The third-order valence-corrected chi connectivity index (χ3v) is 4.25. The minimum absolute atomic E-state index is 0.0596. The smallest absolute Gasteiger partial charge is 0.343 e. The molecule has 0 radical (unpaired) electrons. The molecule has 1 aromatic carbocycles. The number of methoxy groups -OCH3 is 2. The van der Waals surface area contributed by atoms with Crippen molar-refractivity contribution in [2.45, 2.75) is 12.3 Å². The largest absolute Gasteiger partial charge is 0.506 e. The van der Waals surface area contributed by atoms with Crippen molar-refractivity contribution in [2.75, 3.05) is 21.0 Å². The quantitative estimate of drug-likeness (QED) is 0.749. The summed E-state index contributed by atoms with van der Waals surface area (Å²) in [5.41, 5.74) is -0.510. The first-order chi connectivity index (χ1) is 13.0. The number of aromatic amines is 1. The van der Waals surface area contributed by atoms with E-state index in [0.29, 0.717) is 17.1 Å². The molecule has 9 heteroatoms. The van der Waals surface area contributed by atoms with E-state index in [-0.39, 0.29) is 24.3 Å². The van der Waals surface area contributed by atoms with Crippen molar-refractivity contribution in [1.82, 2.24) is 4.98 Å². The van der Waals surface area contributed by atoms with E-state index in [0.717, 1.165) is 13.3 Å². The Bertz CT molecular complexity index is 949. The van der Waals surface area contributed by atoms with Crippen LogP contribution in [-0.2, 0) is 14.3 Å². The highest BCUT2D eigenvalue weighted by molar-refractivity contribution is 5.92. The summed E-state index contributed by atoms with van der Waals surface area (Å²) in [6, 6.07) is 4.89. The van der Waals surface area contributed by atoms with Crippen molar-refractivity contribution in [3.63, 3.8) is 0 Å².